The van der Waals surface area contributed by atoms with Crippen LogP contribution in [0.4, 0.5) is 0 Å². The Balaban J connectivity index is 1.54. The number of carbonyl (C=O) groups excluding carboxylic acids is 3. The lowest BCUT2D eigenvalue weighted by atomic mass is 9.72. The molecule has 2 aromatic carbocycles. The van der Waals surface area contributed by atoms with Crippen molar-refractivity contribution in [3.05, 3.63) is 71.8 Å². The summed E-state index contributed by atoms with van der Waals surface area (Å²) in [7, 11) is 0. The van der Waals surface area contributed by atoms with Crippen molar-refractivity contribution in [3.8, 4) is 0 Å². The molecule has 4 rings (SSSR count). The molecule has 0 aromatic heterocycles. The highest BCUT2D eigenvalue weighted by molar-refractivity contribution is 5.95. The fourth-order valence-electron chi connectivity index (χ4n) is 4.84. The van der Waals surface area contributed by atoms with Gasteiger partial charge in [0.15, 0.2) is 0 Å². The molecule has 2 heterocycles. The van der Waals surface area contributed by atoms with Crippen molar-refractivity contribution >= 4 is 17.7 Å². The first-order chi connectivity index (χ1) is 17.2. The van der Waals surface area contributed by atoms with E-state index in [1.165, 1.54) is 5.01 Å². The van der Waals surface area contributed by atoms with Crippen LogP contribution in [0.3, 0.4) is 0 Å². The number of nitrogens with two attached hydrogens (primary N) is 1. The van der Waals surface area contributed by atoms with E-state index in [1.54, 1.807) is 13.8 Å². The third-order valence-electron chi connectivity index (χ3n) is 6.84. The summed E-state index contributed by atoms with van der Waals surface area (Å²) >= 11 is 0. The number of ether oxygens (including phenoxy) is 1. The number of rotatable bonds is 9. The van der Waals surface area contributed by atoms with E-state index in [4.69, 9.17) is 10.5 Å². The summed E-state index contributed by atoms with van der Waals surface area (Å²) in [5.41, 5.74) is 8.79. The van der Waals surface area contributed by atoms with Crippen molar-refractivity contribution in [2.75, 3.05) is 19.7 Å². The van der Waals surface area contributed by atoms with E-state index in [9.17, 15) is 14.4 Å². The predicted octanol–water partition coefficient (Wildman–Crippen LogP) is 0.890. The monoisotopic (exact) mass is 493 g/mol. The topological polar surface area (TPSA) is 126 Å². The minimum Gasteiger partial charge on any atom is -0.374 e. The molecule has 3 unspecified atom stereocenters. The minimum atomic E-state index is -1.18. The van der Waals surface area contributed by atoms with Crippen LogP contribution in [0.1, 0.15) is 31.4 Å². The summed E-state index contributed by atoms with van der Waals surface area (Å²) < 4.78 is 5.83. The number of amides is 3. The van der Waals surface area contributed by atoms with E-state index < -0.39 is 28.8 Å². The molecule has 9 heteroatoms. The summed E-state index contributed by atoms with van der Waals surface area (Å²) in [4.78, 5) is 39.9. The van der Waals surface area contributed by atoms with E-state index in [2.05, 4.69) is 16.1 Å². The normalized spacial score (nSPS) is 22.5. The number of nitrogens with zero attached hydrogens (tertiary/aromatic N) is 1. The van der Waals surface area contributed by atoms with Crippen LogP contribution >= 0.6 is 0 Å². The van der Waals surface area contributed by atoms with Crippen LogP contribution in [0.2, 0.25) is 0 Å². The Morgan fingerprint density at radius 2 is 1.78 bits per heavy atom. The molecular weight excluding hydrogens is 458 g/mol. The van der Waals surface area contributed by atoms with Crippen LogP contribution in [0.25, 0.3) is 0 Å². The van der Waals surface area contributed by atoms with Crippen LogP contribution in [0.5, 0.6) is 0 Å². The number of piperidine rings is 1. The van der Waals surface area contributed by atoms with Crippen molar-refractivity contribution in [2.24, 2.45) is 11.1 Å². The summed E-state index contributed by atoms with van der Waals surface area (Å²) in [5.74, 6) is -1.10. The van der Waals surface area contributed by atoms with Gasteiger partial charge < -0.3 is 21.1 Å². The molecule has 2 aliphatic rings. The molecule has 0 saturated carbocycles. The first-order valence-corrected chi connectivity index (χ1v) is 12.3. The van der Waals surface area contributed by atoms with Crippen molar-refractivity contribution in [1.82, 2.24) is 21.1 Å². The van der Waals surface area contributed by atoms with Gasteiger partial charge in [-0.3, -0.25) is 19.8 Å². The summed E-state index contributed by atoms with van der Waals surface area (Å²) in [6.07, 6.45) is 1.10. The summed E-state index contributed by atoms with van der Waals surface area (Å²) in [6.45, 7) is 4.51. The van der Waals surface area contributed by atoms with Gasteiger partial charge in [0.25, 0.3) is 5.91 Å². The van der Waals surface area contributed by atoms with Crippen molar-refractivity contribution in [1.29, 1.82) is 0 Å². The van der Waals surface area contributed by atoms with Gasteiger partial charge in [-0.15, -0.1) is 0 Å². The van der Waals surface area contributed by atoms with E-state index in [0.29, 0.717) is 25.9 Å². The molecule has 3 amide bonds. The molecule has 36 heavy (non-hydrogen) atoms. The minimum absolute atomic E-state index is 0.0570. The Kier molecular flexibility index (Phi) is 7.73. The largest absolute Gasteiger partial charge is 0.374 e. The second kappa shape index (κ2) is 10.8. The van der Waals surface area contributed by atoms with E-state index in [1.807, 2.05) is 60.7 Å². The molecule has 0 aliphatic carbocycles. The van der Waals surface area contributed by atoms with Gasteiger partial charge in [0.05, 0.1) is 30.2 Å². The van der Waals surface area contributed by atoms with Gasteiger partial charge in [-0.05, 0) is 44.4 Å². The number of carbonyl (C=O) groups is 3. The Labute approximate surface area is 211 Å². The van der Waals surface area contributed by atoms with Crippen LogP contribution in [-0.2, 0) is 32.1 Å². The molecule has 0 spiro atoms. The number of fused-ring (bicyclic) bond motifs is 1. The maximum Gasteiger partial charge on any atom is 0.266 e. The average Bonchev–Trinajstić information content (AvgIpc) is 3.15. The fourth-order valence-corrected chi connectivity index (χ4v) is 4.84. The maximum atomic E-state index is 13.8. The Morgan fingerprint density at radius 1 is 1.14 bits per heavy atom. The van der Waals surface area contributed by atoms with Gasteiger partial charge in [0.2, 0.25) is 11.8 Å². The SMILES string of the molecule is CC(C)(N)C(=O)NC(COCc1ccccc1)C(=O)N1NC(=O)C2(Cc3ccccc3)CNCCC12. The van der Waals surface area contributed by atoms with Gasteiger partial charge in [-0.1, -0.05) is 60.7 Å². The predicted molar refractivity (Wildman–Crippen MR) is 135 cm³/mol. The number of hydrogen-bond acceptors (Lipinski definition) is 6. The molecule has 192 valence electrons. The molecular formula is C27H35N5O4. The first-order valence-electron chi connectivity index (χ1n) is 12.3. The number of hydrogen-bond donors (Lipinski definition) is 4. The third kappa shape index (κ3) is 5.59. The Hall–Kier alpha value is -3.27. The highest BCUT2D eigenvalue weighted by Gasteiger charge is 2.57. The molecule has 0 bridgehead atoms. The molecule has 2 saturated heterocycles. The lowest BCUT2D eigenvalue weighted by Gasteiger charge is -2.39. The standard InChI is InChI=1S/C27H35N5O4/c1-26(2,28)24(34)30-21(17-36-16-20-11-7-4-8-12-20)23(33)32-22-13-14-29-18-27(22,25(35)31-32)15-19-9-5-3-6-10-19/h3-12,21-22,29H,13-18,28H2,1-2H3,(H,30,34)(H,31,35). The van der Waals surface area contributed by atoms with Gasteiger partial charge in [-0.2, -0.15) is 0 Å². The van der Waals surface area contributed by atoms with Gasteiger partial charge in [-0.25, -0.2) is 5.01 Å². The highest BCUT2D eigenvalue weighted by atomic mass is 16.5. The lowest BCUT2D eigenvalue weighted by molar-refractivity contribution is -0.144. The maximum absolute atomic E-state index is 13.8. The number of benzene rings is 2. The summed E-state index contributed by atoms with van der Waals surface area (Å²) in [5, 5.41) is 7.49. The zero-order valence-corrected chi connectivity index (χ0v) is 20.8. The van der Waals surface area contributed by atoms with Crippen LogP contribution in [0, 0.1) is 5.41 Å². The molecule has 2 fully saturated rings. The third-order valence-corrected chi connectivity index (χ3v) is 6.84. The number of nitrogens with one attached hydrogen (secondary N) is 3. The average molecular weight is 494 g/mol. The quantitative estimate of drug-likeness (QED) is 0.411. The second-order valence-electron chi connectivity index (χ2n) is 10.2. The first kappa shape index (κ1) is 25.8. The summed E-state index contributed by atoms with van der Waals surface area (Å²) in [6, 6.07) is 18.0. The second-order valence-corrected chi connectivity index (χ2v) is 10.2. The van der Waals surface area contributed by atoms with E-state index >= 15 is 0 Å². The van der Waals surface area contributed by atoms with Gasteiger partial charge >= 0.3 is 0 Å². The van der Waals surface area contributed by atoms with Crippen LogP contribution in [0.15, 0.2) is 60.7 Å². The molecule has 5 N–H and O–H groups in total. The molecule has 2 aromatic rings. The van der Waals surface area contributed by atoms with Crippen molar-refractivity contribution in [2.45, 2.75) is 50.9 Å². The van der Waals surface area contributed by atoms with Gasteiger partial charge in [0, 0.05) is 6.54 Å². The smallest absolute Gasteiger partial charge is 0.266 e. The van der Waals surface area contributed by atoms with Crippen LogP contribution in [-0.4, -0.2) is 60.0 Å². The zero-order chi connectivity index (χ0) is 25.8. The Morgan fingerprint density at radius 3 is 2.42 bits per heavy atom. The molecule has 0 radical (unpaired) electrons. The van der Waals surface area contributed by atoms with Crippen molar-refractivity contribution in [3.63, 3.8) is 0 Å². The molecule has 9 nitrogen and oxygen atoms in total. The molecule has 2 aliphatic heterocycles. The number of hydrazine groups is 1. The fraction of sp³-hybridized carbons (Fsp3) is 0.444. The highest BCUT2D eigenvalue weighted by Crippen LogP contribution is 2.39. The van der Waals surface area contributed by atoms with Crippen LogP contribution < -0.4 is 21.8 Å². The van der Waals surface area contributed by atoms with E-state index in [-0.39, 0.29) is 25.2 Å². The molecule has 3 atom stereocenters. The lowest BCUT2D eigenvalue weighted by Crippen LogP contribution is -2.61. The zero-order valence-electron chi connectivity index (χ0n) is 20.8. The Bertz CT molecular complexity index is 1070. The van der Waals surface area contributed by atoms with E-state index in [0.717, 1.165) is 11.1 Å². The van der Waals surface area contributed by atoms with Gasteiger partial charge in [0.1, 0.15) is 6.04 Å². The van der Waals surface area contributed by atoms with Crippen molar-refractivity contribution < 1.29 is 19.1 Å².